The van der Waals surface area contributed by atoms with E-state index in [1.54, 1.807) is 18.2 Å². The number of nitrogens with one attached hydrogen (secondary N) is 1. The number of fused-ring (bicyclic) bond motifs is 1. The highest BCUT2D eigenvalue weighted by Gasteiger charge is 2.36. The zero-order chi connectivity index (χ0) is 19.6. The molecule has 140 valence electrons. The Morgan fingerprint density at radius 2 is 1.70 bits per heavy atom. The van der Waals surface area contributed by atoms with Crippen LogP contribution in [-0.2, 0) is 11.3 Å². The molecule has 0 unspecified atom stereocenters. The minimum Gasteiger partial charge on any atom is -0.493 e. The van der Waals surface area contributed by atoms with Crippen molar-refractivity contribution in [2.45, 2.75) is 6.54 Å². The third-order valence-electron chi connectivity index (χ3n) is 4.17. The first kappa shape index (κ1) is 18.7. The van der Waals surface area contributed by atoms with Gasteiger partial charge in [0.2, 0.25) is 5.91 Å². The minimum absolute atomic E-state index is 0.209. The molecule has 2 aromatic rings. The number of ether oxygens (including phenoxy) is 2. The highest BCUT2D eigenvalue weighted by atomic mass is 35.5. The van der Waals surface area contributed by atoms with E-state index in [1.807, 2.05) is 0 Å². The fourth-order valence-electron chi connectivity index (χ4n) is 2.80. The maximum absolute atomic E-state index is 12.4. The van der Waals surface area contributed by atoms with Gasteiger partial charge in [-0.3, -0.25) is 19.3 Å². The van der Waals surface area contributed by atoms with Crippen LogP contribution in [0.4, 0.5) is 0 Å². The second-order valence-electron chi connectivity index (χ2n) is 5.85. The summed E-state index contributed by atoms with van der Waals surface area (Å²) < 4.78 is 10.4. The van der Waals surface area contributed by atoms with Crippen molar-refractivity contribution in [2.24, 2.45) is 0 Å². The molecule has 0 saturated carbocycles. The largest absolute Gasteiger partial charge is 0.493 e. The lowest BCUT2D eigenvalue weighted by Crippen LogP contribution is -2.40. The molecule has 0 atom stereocenters. The van der Waals surface area contributed by atoms with Crippen molar-refractivity contribution in [1.29, 1.82) is 0 Å². The molecule has 8 heteroatoms. The molecule has 7 nitrogen and oxygen atoms in total. The number of benzene rings is 2. The minimum atomic E-state index is -0.529. The molecule has 3 amide bonds. The average Bonchev–Trinajstić information content (AvgIpc) is 2.90. The number of rotatable bonds is 6. The summed E-state index contributed by atoms with van der Waals surface area (Å²) in [6.07, 6.45) is 0. The van der Waals surface area contributed by atoms with Gasteiger partial charge >= 0.3 is 0 Å². The molecule has 1 aliphatic rings. The van der Waals surface area contributed by atoms with Gasteiger partial charge in [-0.05, 0) is 35.9 Å². The van der Waals surface area contributed by atoms with Gasteiger partial charge in [-0.25, -0.2) is 0 Å². The summed E-state index contributed by atoms with van der Waals surface area (Å²) in [7, 11) is 3.06. The van der Waals surface area contributed by atoms with E-state index in [9.17, 15) is 14.4 Å². The maximum atomic E-state index is 12.4. The normalized spacial score (nSPS) is 12.8. The number of methoxy groups -OCH3 is 2. The van der Waals surface area contributed by atoms with Crippen molar-refractivity contribution in [3.8, 4) is 11.5 Å². The molecule has 2 aromatic carbocycles. The second-order valence-corrected chi connectivity index (χ2v) is 6.29. The van der Waals surface area contributed by atoms with Gasteiger partial charge in [0.25, 0.3) is 11.8 Å². The number of carbonyl (C=O) groups is 3. The van der Waals surface area contributed by atoms with E-state index < -0.39 is 17.7 Å². The first-order chi connectivity index (χ1) is 12.9. The van der Waals surface area contributed by atoms with E-state index in [4.69, 9.17) is 21.1 Å². The zero-order valence-corrected chi connectivity index (χ0v) is 15.5. The van der Waals surface area contributed by atoms with Crippen LogP contribution in [0.1, 0.15) is 26.3 Å². The van der Waals surface area contributed by atoms with E-state index in [0.717, 1.165) is 10.5 Å². The third-order valence-corrected chi connectivity index (χ3v) is 4.41. The standard InChI is InChI=1S/C19H17ClN2O5/c1-26-15-6-3-11(7-16(15)27-2)9-21-17(23)10-22-18(24)13-5-4-12(20)8-14(13)19(22)25/h3-8H,9-10H2,1-2H3,(H,21,23). The number of hydrogen-bond acceptors (Lipinski definition) is 5. The molecule has 0 bridgehead atoms. The van der Waals surface area contributed by atoms with Gasteiger partial charge in [0, 0.05) is 11.6 Å². The Kier molecular flexibility index (Phi) is 5.32. The summed E-state index contributed by atoms with van der Waals surface area (Å²) in [5.41, 5.74) is 1.24. The van der Waals surface area contributed by atoms with Gasteiger partial charge in [-0.2, -0.15) is 0 Å². The Labute approximate surface area is 160 Å². The van der Waals surface area contributed by atoms with Crippen LogP contribution in [0.25, 0.3) is 0 Å². The Balaban J connectivity index is 1.64. The van der Waals surface area contributed by atoms with Crippen molar-refractivity contribution in [3.05, 3.63) is 58.1 Å². The van der Waals surface area contributed by atoms with Crippen molar-refractivity contribution < 1.29 is 23.9 Å². The second kappa shape index (κ2) is 7.67. The number of carbonyl (C=O) groups excluding carboxylic acids is 3. The molecule has 0 aliphatic carbocycles. The summed E-state index contributed by atoms with van der Waals surface area (Å²) in [6.45, 7) is -0.147. The lowest BCUT2D eigenvalue weighted by atomic mass is 10.1. The topological polar surface area (TPSA) is 84.9 Å². The van der Waals surface area contributed by atoms with Crippen LogP contribution in [0, 0.1) is 0 Å². The molecule has 0 spiro atoms. The van der Waals surface area contributed by atoms with Crippen LogP contribution in [0.3, 0.4) is 0 Å². The van der Waals surface area contributed by atoms with E-state index in [2.05, 4.69) is 5.32 Å². The highest BCUT2D eigenvalue weighted by molar-refractivity contribution is 6.32. The van der Waals surface area contributed by atoms with Gasteiger partial charge in [0.15, 0.2) is 11.5 Å². The van der Waals surface area contributed by atoms with E-state index >= 15 is 0 Å². The van der Waals surface area contributed by atoms with Crippen LogP contribution in [0.15, 0.2) is 36.4 Å². The number of nitrogens with zero attached hydrogens (tertiary/aromatic N) is 1. The number of halogens is 1. The molecule has 3 rings (SSSR count). The van der Waals surface area contributed by atoms with Crippen LogP contribution in [0.5, 0.6) is 11.5 Å². The molecule has 0 fully saturated rings. The van der Waals surface area contributed by atoms with Gasteiger partial charge < -0.3 is 14.8 Å². The summed E-state index contributed by atoms with van der Waals surface area (Å²) >= 11 is 5.87. The lowest BCUT2D eigenvalue weighted by Gasteiger charge is -2.14. The Morgan fingerprint density at radius 3 is 2.41 bits per heavy atom. The summed E-state index contributed by atoms with van der Waals surface area (Å²) in [6, 6.07) is 9.70. The molecule has 27 heavy (non-hydrogen) atoms. The quantitative estimate of drug-likeness (QED) is 0.767. The number of amides is 3. The van der Waals surface area contributed by atoms with Gasteiger partial charge in [0.05, 0.1) is 25.3 Å². The van der Waals surface area contributed by atoms with E-state index in [-0.39, 0.29) is 24.2 Å². The Bertz CT molecular complexity index is 928. The molecule has 0 radical (unpaired) electrons. The average molecular weight is 389 g/mol. The van der Waals surface area contributed by atoms with Gasteiger partial charge in [0.1, 0.15) is 6.54 Å². The summed E-state index contributed by atoms with van der Waals surface area (Å²) in [5.74, 6) is -0.365. The van der Waals surface area contributed by atoms with Crippen molar-refractivity contribution in [2.75, 3.05) is 20.8 Å². The molecule has 1 N–H and O–H groups in total. The third kappa shape index (κ3) is 3.73. The summed E-state index contributed by atoms with van der Waals surface area (Å²) in [4.78, 5) is 37.8. The molecule has 0 aromatic heterocycles. The Hall–Kier alpha value is -3.06. The molecule has 1 aliphatic heterocycles. The molecule has 1 heterocycles. The van der Waals surface area contributed by atoms with Crippen LogP contribution >= 0.6 is 11.6 Å². The molecular formula is C19H17ClN2O5. The van der Waals surface area contributed by atoms with Crippen LogP contribution in [-0.4, -0.2) is 43.4 Å². The number of imide groups is 1. The molecular weight excluding hydrogens is 372 g/mol. The monoisotopic (exact) mass is 388 g/mol. The van der Waals surface area contributed by atoms with Crippen LogP contribution < -0.4 is 14.8 Å². The SMILES string of the molecule is COc1ccc(CNC(=O)CN2C(=O)c3ccc(Cl)cc3C2=O)cc1OC. The maximum Gasteiger partial charge on any atom is 0.262 e. The first-order valence-electron chi connectivity index (χ1n) is 8.08. The van der Waals surface area contributed by atoms with Gasteiger partial charge in [-0.1, -0.05) is 17.7 Å². The van der Waals surface area contributed by atoms with E-state index in [0.29, 0.717) is 16.5 Å². The molecule has 0 saturated heterocycles. The zero-order valence-electron chi connectivity index (χ0n) is 14.7. The van der Waals surface area contributed by atoms with Crippen molar-refractivity contribution >= 4 is 29.3 Å². The fourth-order valence-corrected chi connectivity index (χ4v) is 2.97. The number of hydrogen-bond donors (Lipinski definition) is 1. The van der Waals surface area contributed by atoms with Gasteiger partial charge in [-0.15, -0.1) is 0 Å². The van der Waals surface area contributed by atoms with Crippen molar-refractivity contribution in [1.82, 2.24) is 10.2 Å². The van der Waals surface area contributed by atoms with E-state index in [1.165, 1.54) is 32.4 Å². The first-order valence-corrected chi connectivity index (χ1v) is 8.45. The highest BCUT2D eigenvalue weighted by Crippen LogP contribution is 2.28. The van der Waals surface area contributed by atoms with Crippen molar-refractivity contribution in [3.63, 3.8) is 0 Å². The smallest absolute Gasteiger partial charge is 0.262 e. The predicted octanol–water partition coefficient (Wildman–Crippen LogP) is 2.27. The summed E-state index contributed by atoms with van der Waals surface area (Å²) in [5, 5.41) is 3.04. The lowest BCUT2D eigenvalue weighted by molar-refractivity contribution is -0.121. The van der Waals surface area contributed by atoms with Crippen LogP contribution in [0.2, 0.25) is 5.02 Å². The fraction of sp³-hybridized carbons (Fsp3) is 0.211. The predicted molar refractivity (Wildman–Crippen MR) is 98.2 cm³/mol. The Morgan fingerprint density at radius 1 is 1.00 bits per heavy atom.